The van der Waals surface area contributed by atoms with E-state index in [0.717, 1.165) is 0 Å². The Morgan fingerprint density at radius 2 is 1.84 bits per heavy atom. The number of carbonyl (C=O) groups is 1. The predicted molar refractivity (Wildman–Crippen MR) is 72.0 cm³/mol. The van der Waals surface area contributed by atoms with Gasteiger partial charge in [0.05, 0.1) is 6.10 Å². The van der Waals surface area contributed by atoms with E-state index in [1.54, 1.807) is 20.9 Å². The Balaban J connectivity index is 3.03. The average Bonchev–Trinajstić information content (AvgIpc) is 2.26. The number of nitrogens with two attached hydrogens (primary N) is 1. The van der Waals surface area contributed by atoms with Gasteiger partial charge in [-0.3, -0.25) is 4.79 Å². The molecule has 1 rings (SSSR count). The van der Waals surface area contributed by atoms with Gasteiger partial charge in [-0.05, 0) is 27.7 Å². The maximum absolute atomic E-state index is 11.3. The molecule has 1 aromatic rings. The number of nitrogens with one attached hydrogen (secondary N) is 2. The molecule has 1 heterocycles. The number of aromatic nitrogens is 3. The van der Waals surface area contributed by atoms with Crippen molar-refractivity contribution < 1.29 is 9.53 Å². The van der Waals surface area contributed by atoms with Gasteiger partial charge in [0.25, 0.3) is 0 Å². The van der Waals surface area contributed by atoms with E-state index >= 15 is 0 Å². The van der Waals surface area contributed by atoms with Crippen molar-refractivity contribution in [3.05, 3.63) is 0 Å². The molecule has 4 N–H and O–H groups in total. The van der Waals surface area contributed by atoms with Crippen molar-refractivity contribution in [3.8, 4) is 6.01 Å². The second-order valence-corrected chi connectivity index (χ2v) is 4.80. The fourth-order valence-electron chi connectivity index (χ4n) is 1.13. The average molecular weight is 268 g/mol. The first-order valence-corrected chi connectivity index (χ1v) is 5.93. The van der Waals surface area contributed by atoms with Gasteiger partial charge in [0.1, 0.15) is 5.54 Å². The Labute approximate surface area is 112 Å². The highest BCUT2D eigenvalue weighted by Crippen LogP contribution is 2.16. The van der Waals surface area contributed by atoms with Gasteiger partial charge in [-0.15, -0.1) is 0 Å². The first-order chi connectivity index (χ1) is 8.74. The molecule has 0 saturated heterocycles. The van der Waals surface area contributed by atoms with Crippen molar-refractivity contribution in [2.24, 2.45) is 5.73 Å². The molecular formula is C11H20N6O2. The number of nitrogens with zero attached hydrogens (tertiary/aromatic N) is 3. The number of primary amides is 1. The van der Waals surface area contributed by atoms with E-state index in [2.05, 4.69) is 25.6 Å². The monoisotopic (exact) mass is 268 g/mol. The molecule has 1 aromatic heterocycles. The Hall–Kier alpha value is -2.12. The molecule has 0 unspecified atom stereocenters. The SMILES string of the molecule is CNc1nc(NC(C)(C)C(N)=O)nc(OC(C)C)n1. The Morgan fingerprint density at radius 3 is 2.32 bits per heavy atom. The first-order valence-electron chi connectivity index (χ1n) is 5.93. The summed E-state index contributed by atoms with van der Waals surface area (Å²) in [5.74, 6) is 0.0532. The molecule has 0 aliphatic carbocycles. The van der Waals surface area contributed by atoms with Crippen LogP contribution in [0.4, 0.5) is 11.9 Å². The van der Waals surface area contributed by atoms with E-state index in [4.69, 9.17) is 10.5 Å². The van der Waals surface area contributed by atoms with Gasteiger partial charge in [-0.2, -0.15) is 15.0 Å². The molecule has 0 aliphatic heterocycles. The van der Waals surface area contributed by atoms with Crippen molar-refractivity contribution in [2.45, 2.75) is 39.3 Å². The lowest BCUT2D eigenvalue weighted by molar-refractivity contribution is -0.121. The molecule has 0 saturated carbocycles. The molecule has 0 radical (unpaired) electrons. The minimum absolute atomic E-state index is 0.0656. The second-order valence-electron chi connectivity index (χ2n) is 4.80. The van der Waals surface area contributed by atoms with Crippen molar-refractivity contribution in [1.29, 1.82) is 0 Å². The zero-order chi connectivity index (χ0) is 14.6. The van der Waals surface area contributed by atoms with Gasteiger partial charge in [-0.25, -0.2) is 0 Å². The Morgan fingerprint density at radius 1 is 1.26 bits per heavy atom. The summed E-state index contributed by atoms with van der Waals surface area (Å²) >= 11 is 0. The maximum atomic E-state index is 11.3. The second kappa shape index (κ2) is 5.68. The van der Waals surface area contributed by atoms with Gasteiger partial charge in [0, 0.05) is 7.05 Å². The number of carbonyl (C=O) groups excluding carboxylic acids is 1. The van der Waals surface area contributed by atoms with Crippen LogP contribution in [-0.4, -0.2) is 39.5 Å². The van der Waals surface area contributed by atoms with E-state index in [1.807, 2.05) is 13.8 Å². The van der Waals surface area contributed by atoms with Crippen molar-refractivity contribution in [3.63, 3.8) is 0 Å². The number of hydrogen-bond donors (Lipinski definition) is 3. The van der Waals surface area contributed by atoms with Crippen molar-refractivity contribution >= 4 is 17.8 Å². The fraction of sp³-hybridized carbons (Fsp3) is 0.636. The van der Waals surface area contributed by atoms with Crippen molar-refractivity contribution in [1.82, 2.24) is 15.0 Å². The van der Waals surface area contributed by atoms with Gasteiger partial charge in [0.2, 0.25) is 17.8 Å². The molecule has 0 spiro atoms. The van der Waals surface area contributed by atoms with Crippen LogP contribution >= 0.6 is 0 Å². The Bertz CT molecular complexity index is 460. The van der Waals surface area contributed by atoms with Crippen LogP contribution in [0.2, 0.25) is 0 Å². The lowest BCUT2D eigenvalue weighted by atomic mass is 10.1. The van der Waals surface area contributed by atoms with E-state index in [9.17, 15) is 4.79 Å². The largest absolute Gasteiger partial charge is 0.461 e. The number of amides is 1. The third-order valence-electron chi connectivity index (χ3n) is 2.22. The number of ether oxygens (including phenoxy) is 1. The highest BCUT2D eigenvalue weighted by Gasteiger charge is 2.26. The topological polar surface area (TPSA) is 115 Å². The smallest absolute Gasteiger partial charge is 0.323 e. The quantitative estimate of drug-likeness (QED) is 0.683. The highest BCUT2D eigenvalue weighted by molar-refractivity contribution is 5.86. The lowest BCUT2D eigenvalue weighted by Crippen LogP contribution is -2.45. The molecule has 0 fully saturated rings. The molecule has 0 atom stereocenters. The van der Waals surface area contributed by atoms with Crippen LogP contribution in [0.15, 0.2) is 0 Å². The number of anilines is 2. The van der Waals surface area contributed by atoms with E-state index in [-0.39, 0.29) is 18.1 Å². The van der Waals surface area contributed by atoms with Crippen LogP contribution < -0.4 is 21.1 Å². The number of rotatable bonds is 6. The van der Waals surface area contributed by atoms with E-state index in [0.29, 0.717) is 5.95 Å². The first kappa shape index (κ1) is 14.9. The zero-order valence-electron chi connectivity index (χ0n) is 11.8. The van der Waals surface area contributed by atoms with Crippen LogP contribution in [-0.2, 0) is 4.79 Å². The molecule has 0 aliphatic rings. The fourth-order valence-corrected chi connectivity index (χ4v) is 1.13. The molecular weight excluding hydrogens is 248 g/mol. The molecule has 8 nitrogen and oxygen atoms in total. The summed E-state index contributed by atoms with van der Waals surface area (Å²) in [7, 11) is 1.68. The third kappa shape index (κ3) is 4.23. The summed E-state index contributed by atoms with van der Waals surface area (Å²) < 4.78 is 5.41. The predicted octanol–water partition coefficient (Wildman–Crippen LogP) is 0.376. The maximum Gasteiger partial charge on any atom is 0.323 e. The number of hydrogen-bond acceptors (Lipinski definition) is 7. The van der Waals surface area contributed by atoms with Crippen molar-refractivity contribution in [2.75, 3.05) is 17.7 Å². The summed E-state index contributed by atoms with van der Waals surface area (Å²) in [6, 6.07) is 0.178. The lowest BCUT2D eigenvalue weighted by Gasteiger charge is -2.22. The van der Waals surface area contributed by atoms with Gasteiger partial charge >= 0.3 is 6.01 Å². The summed E-state index contributed by atoms with van der Waals surface area (Å²) in [6.07, 6.45) is -0.0656. The molecule has 8 heteroatoms. The summed E-state index contributed by atoms with van der Waals surface area (Å²) in [5.41, 5.74) is 4.32. The van der Waals surface area contributed by atoms with Crippen LogP contribution in [0.25, 0.3) is 0 Å². The van der Waals surface area contributed by atoms with Gasteiger partial charge in [-0.1, -0.05) is 0 Å². The summed E-state index contributed by atoms with van der Waals surface area (Å²) in [6.45, 7) is 7.01. The Kier molecular flexibility index (Phi) is 4.47. The van der Waals surface area contributed by atoms with E-state index in [1.165, 1.54) is 0 Å². The van der Waals surface area contributed by atoms with Gasteiger partial charge < -0.3 is 21.1 Å². The van der Waals surface area contributed by atoms with Gasteiger partial charge in [0.15, 0.2) is 0 Å². The molecule has 106 valence electrons. The van der Waals surface area contributed by atoms with Crippen LogP contribution in [0.5, 0.6) is 6.01 Å². The molecule has 0 aromatic carbocycles. The minimum Gasteiger partial charge on any atom is -0.461 e. The normalized spacial score (nSPS) is 11.3. The van der Waals surface area contributed by atoms with Crippen LogP contribution in [0, 0.1) is 0 Å². The summed E-state index contributed by atoms with van der Waals surface area (Å²) in [5, 5.41) is 5.65. The minimum atomic E-state index is -0.971. The van der Waals surface area contributed by atoms with Crippen LogP contribution in [0.1, 0.15) is 27.7 Å². The standard InChI is InChI=1S/C11H20N6O2/c1-6(2)19-10-15-8(13-5)14-9(16-10)17-11(3,4)7(12)18/h6H,1-5H3,(H2,12,18)(H2,13,14,15,16,17). The van der Waals surface area contributed by atoms with E-state index < -0.39 is 11.4 Å². The van der Waals surface area contributed by atoms with Crippen LogP contribution in [0.3, 0.4) is 0 Å². The summed E-state index contributed by atoms with van der Waals surface area (Å²) in [4.78, 5) is 23.5. The highest BCUT2D eigenvalue weighted by atomic mass is 16.5. The molecule has 19 heavy (non-hydrogen) atoms. The third-order valence-corrected chi connectivity index (χ3v) is 2.22. The molecule has 0 bridgehead atoms. The molecule has 1 amide bonds. The zero-order valence-corrected chi connectivity index (χ0v) is 11.8.